The second kappa shape index (κ2) is 6.30. The summed E-state index contributed by atoms with van der Waals surface area (Å²) < 4.78 is 2.01. The number of nitrogens with zero attached hydrogens (tertiary/aromatic N) is 3. The number of aromatic nitrogens is 3. The highest BCUT2D eigenvalue weighted by Crippen LogP contribution is 2.33. The summed E-state index contributed by atoms with van der Waals surface area (Å²) in [5, 5.41) is 0.712. The van der Waals surface area contributed by atoms with Crippen molar-refractivity contribution in [3.8, 4) is 28.3 Å². The van der Waals surface area contributed by atoms with Gasteiger partial charge in [-0.3, -0.25) is 4.57 Å². The summed E-state index contributed by atoms with van der Waals surface area (Å²) in [5.74, 6) is 0.837. The van der Waals surface area contributed by atoms with E-state index in [0.717, 1.165) is 28.3 Å². The van der Waals surface area contributed by atoms with Crippen LogP contribution in [0.1, 0.15) is 0 Å². The lowest BCUT2D eigenvalue weighted by Crippen LogP contribution is -1.98. The molecule has 4 rings (SSSR count). The molecule has 0 aliphatic carbocycles. The van der Waals surface area contributed by atoms with Gasteiger partial charge < -0.3 is 0 Å². The summed E-state index contributed by atoms with van der Waals surface area (Å²) in [4.78, 5) is 9.11. The predicted molar refractivity (Wildman–Crippen MR) is 97.2 cm³/mol. The van der Waals surface area contributed by atoms with Crippen LogP contribution in [-0.4, -0.2) is 14.5 Å². The molecule has 0 unspecified atom stereocenters. The van der Waals surface area contributed by atoms with Crippen molar-refractivity contribution in [1.82, 2.24) is 14.5 Å². The van der Waals surface area contributed by atoms with Crippen LogP contribution >= 0.6 is 11.6 Å². The number of imidazole rings is 1. The molecule has 3 nitrogen and oxygen atoms in total. The molecule has 0 saturated heterocycles. The Kier molecular flexibility index (Phi) is 3.85. The number of hydrogen-bond donors (Lipinski definition) is 0. The van der Waals surface area contributed by atoms with Crippen LogP contribution in [0.4, 0.5) is 0 Å². The minimum Gasteiger partial charge on any atom is -0.282 e. The first-order valence-corrected chi connectivity index (χ1v) is 8.01. The maximum atomic E-state index is 6.02. The zero-order chi connectivity index (χ0) is 16.4. The third-order valence-electron chi connectivity index (χ3n) is 3.83. The zero-order valence-corrected chi connectivity index (χ0v) is 13.6. The number of hydrogen-bond acceptors (Lipinski definition) is 2. The summed E-state index contributed by atoms with van der Waals surface area (Å²) in [6.07, 6.45) is 3.60. The van der Waals surface area contributed by atoms with E-state index in [9.17, 15) is 0 Å². The van der Waals surface area contributed by atoms with Gasteiger partial charge in [-0.25, -0.2) is 9.97 Å². The van der Waals surface area contributed by atoms with Crippen LogP contribution in [0.25, 0.3) is 28.3 Å². The van der Waals surface area contributed by atoms with Gasteiger partial charge in [0.25, 0.3) is 0 Å². The highest BCUT2D eigenvalue weighted by molar-refractivity contribution is 6.30. The van der Waals surface area contributed by atoms with Crippen molar-refractivity contribution in [1.29, 1.82) is 0 Å². The van der Waals surface area contributed by atoms with Crippen molar-refractivity contribution < 1.29 is 0 Å². The Morgan fingerprint density at radius 1 is 0.708 bits per heavy atom. The molecule has 2 aromatic heterocycles. The third-order valence-corrected chi connectivity index (χ3v) is 4.08. The van der Waals surface area contributed by atoms with Gasteiger partial charge in [0.2, 0.25) is 0 Å². The molecule has 0 amide bonds. The highest BCUT2D eigenvalue weighted by Gasteiger charge is 2.16. The van der Waals surface area contributed by atoms with E-state index in [4.69, 9.17) is 11.6 Å². The Bertz CT molecular complexity index is 945. The molecule has 0 saturated carbocycles. The van der Waals surface area contributed by atoms with Gasteiger partial charge in [-0.1, -0.05) is 60.1 Å². The summed E-state index contributed by atoms with van der Waals surface area (Å²) >= 11 is 6.02. The molecule has 0 radical (unpaired) electrons. The van der Waals surface area contributed by atoms with Crippen molar-refractivity contribution in [3.63, 3.8) is 0 Å². The minimum atomic E-state index is 0.712. The topological polar surface area (TPSA) is 30.7 Å². The van der Waals surface area contributed by atoms with Crippen LogP contribution in [0.3, 0.4) is 0 Å². The van der Waals surface area contributed by atoms with E-state index < -0.39 is 0 Å². The summed E-state index contributed by atoms with van der Waals surface area (Å²) in [5.41, 5.74) is 4.03. The average molecular weight is 332 g/mol. The summed E-state index contributed by atoms with van der Waals surface area (Å²) in [7, 11) is 0. The second-order valence-electron chi connectivity index (χ2n) is 5.37. The van der Waals surface area contributed by atoms with E-state index in [0.29, 0.717) is 5.02 Å². The minimum absolute atomic E-state index is 0.712. The monoisotopic (exact) mass is 331 g/mol. The molecule has 0 aliphatic heterocycles. The van der Waals surface area contributed by atoms with Gasteiger partial charge in [0.05, 0.1) is 11.4 Å². The average Bonchev–Trinajstić information content (AvgIpc) is 3.09. The Morgan fingerprint density at radius 2 is 1.46 bits per heavy atom. The molecule has 0 atom stereocenters. The van der Waals surface area contributed by atoms with Crippen molar-refractivity contribution >= 4 is 11.6 Å². The van der Waals surface area contributed by atoms with E-state index in [-0.39, 0.29) is 0 Å². The van der Waals surface area contributed by atoms with Crippen molar-refractivity contribution in [2.45, 2.75) is 0 Å². The first kappa shape index (κ1) is 14.7. The van der Waals surface area contributed by atoms with E-state index in [1.807, 2.05) is 71.6 Å². The second-order valence-corrected chi connectivity index (χ2v) is 5.81. The largest absolute Gasteiger partial charge is 0.282 e. The van der Waals surface area contributed by atoms with Gasteiger partial charge >= 0.3 is 0 Å². The van der Waals surface area contributed by atoms with Gasteiger partial charge in [-0.15, -0.1) is 0 Å². The SMILES string of the molecule is Clc1ccc(-c2ncn(-c3ccccn3)c2-c2ccccc2)cc1. The molecule has 2 aromatic carbocycles. The fourth-order valence-corrected chi connectivity index (χ4v) is 2.84. The fourth-order valence-electron chi connectivity index (χ4n) is 2.71. The quantitative estimate of drug-likeness (QED) is 0.513. The van der Waals surface area contributed by atoms with E-state index in [2.05, 4.69) is 22.1 Å². The fraction of sp³-hybridized carbons (Fsp3) is 0. The molecule has 0 aliphatic rings. The Labute approximate surface area is 145 Å². The number of benzene rings is 2. The van der Waals surface area contributed by atoms with E-state index in [1.54, 1.807) is 6.20 Å². The standard InChI is InChI=1S/C20H14ClN3/c21-17-11-9-15(10-12-17)19-20(16-6-2-1-3-7-16)24(14-23-19)18-8-4-5-13-22-18/h1-14H. The smallest absolute Gasteiger partial charge is 0.138 e. The van der Waals surface area contributed by atoms with Gasteiger partial charge in [-0.2, -0.15) is 0 Å². The summed E-state index contributed by atoms with van der Waals surface area (Å²) in [6.45, 7) is 0. The van der Waals surface area contributed by atoms with Crippen molar-refractivity contribution in [3.05, 3.63) is 90.3 Å². The predicted octanol–water partition coefficient (Wildman–Crippen LogP) is 5.25. The van der Waals surface area contributed by atoms with Gasteiger partial charge in [0.15, 0.2) is 0 Å². The van der Waals surface area contributed by atoms with E-state index in [1.165, 1.54) is 0 Å². The normalized spacial score (nSPS) is 10.7. The molecule has 116 valence electrons. The molecular formula is C20H14ClN3. The molecule has 0 N–H and O–H groups in total. The molecular weight excluding hydrogens is 318 g/mol. The van der Waals surface area contributed by atoms with Crippen LogP contribution in [-0.2, 0) is 0 Å². The maximum Gasteiger partial charge on any atom is 0.138 e. The van der Waals surface area contributed by atoms with Crippen LogP contribution in [0.15, 0.2) is 85.3 Å². The first-order chi connectivity index (χ1) is 11.8. The van der Waals surface area contributed by atoms with Crippen LogP contribution in [0, 0.1) is 0 Å². The number of rotatable bonds is 3. The Hall–Kier alpha value is -2.91. The van der Waals surface area contributed by atoms with Gasteiger partial charge in [-0.05, 0) is 24.3 Å². The molecule has 0 bridgehead atoms. The zero-order valence-electron chi connectivity index (χ0n) is 12.8. The van der Waals surface area contributed by atoms with Gasteiger partial charge in [0, 0.05) is 22.3 Å². The lowest BCUT2D eigenvalue weighted by Gasteiger charge is -2.10. The number of pyridine rings is 1. The van der Waals surface area contributed by atoms with Gasteiger partial charge in [0.1, 0.15) is 12.1 Å². The Morgan fingerprint density at radius 3 is 2.17 bits per heavy atom. The van der Waals surface area contributed by atoms with Crippen LogP contribution in [0.2, 0.25) is 5.02 Å². The van der Waals surface area contributed by atoms with Crippen molar-refractivity contribution in [2.75, 3.05) is 0 Å². The lowest BCUT2D eigenvalue weighted by atomic mass is 10.0. The first-order valence-electron chi connectivity index (χ1n) is 7.63. The highest BCUT2D eigenvalue weighted by atomic mass is 35.5. The molecule has 24 heavy (non-hydrogen) atoms. The molecule has 0 fully saturated rings. The molecule has 4 aromatic rings. The third kappa shape index (κ3) is 2.70. The molecule has 4 heteroatoms. The summed E-state index contributed by atoms with van der Waals surface area (Å²) in [6, 6.07) is 23.8. The lowest BCUT2D eigenvalue weighted by molar-refractivity contribution is 0.999. The maximum absolute atomic E-state index is 6.02. The van der Waals surface area contributed by atoms with Crippen molar-refractivity contribution in [2.24, 2.45) is 0 Å². The molecule has 2 heterocycles. The Balaban J connectivity index is 1.95. The van der Waals surface area contributed by atoms with Crippen LogP contribution < -0.4 is 0 Å². The number of halogens is 1. The molecule has 0 spiro atoms. The van der Waals surface area contributed by atoms with E-state index >= 15 is 0 Å². The van der Waals surface area contributed by atoms with Crippen LogP contribution in [0.5, 0.6) is 0 Å².